The van der Waals surface area contributed by atoms with E-state index in [-0.39, 0.29) is 5.75 Å². The molecule has 0 saturated carbocycles. The Kier molecular flexibility index (Phi) is 4.65. The molecule has 6 nitrogen and oxygen atoms in total. The predicted molar refractivity (Wildman–Crippen MR) is 99.4 cm³/mol. The highest BCUT2D eigenvalue weighted by Crippen LogP contribution is 2.39. The monoisotopic (exact) mass is 371 g/mol. The number of phenols is 1. The maximum atomic E-state index is 10.5. The summed E-state index contributed by atoms with van der Waals surface area (Å²) < 4.78 is 11.0. The molecular formula is C19H21N3O3S. The van der Waals surface area contributed by atoms with Gasteiger partial charge in [0.1, 0.15) is 6.61 Å². The Labute approximate surface area is 156 Å². The van der Waals surface area contributed by atoms with Crippen molar-refractivity contribution < 1.29 is 14.4 Å². The van der Waals surface area contributed by atoms with Crippen LogP contribution in [0.4, 0.5) is 0 Å². The number of aromatic hydroxyl groups is 1. The van der Waals surface area contributed by atoms with Gasteiger partial charge in [0.25, 0.3) is 0 Å². The van der Waals surface area contributed by atoms with Crippen LogP contribution in [0.5, 0.6) is 11.5 Å². The number of benzene rings is 1. The van der Waals surface area contributed by atoms with Gasteiger partial charge in [-0.05, 0) is 36.8 Å². The van der Waals surface area contributed by atoms with Crippen LogP contribution in [0.25, 0.3) is 10.4 Å². The van der Waals surface area contributed by atoms with Crippen LogP contribution in [0.1, 0.15) is 29.1 Å². The van der Waals surface area contributed by atoms with Crippen molar-refractivity contribution in [1.82, 2.24) is 15.0 Å². The molecule has 4 rings (SSSR count). The summed E-state index contributed by atoms with van der Waals surface area (Å²) in [6, 6.07) is 8.06. The minimum absolute atomic E-state index is 0.193. The number of nitrogens with zero attached hydrogens (tertiary/aromatic N) is 3. The molecule has 0 fully saturated rings. The summed E-state index contributed by atoms with van der Waals surface area (Å²) in [5.41, 5.74) is 1.99. The molecule has 7 heteroatoms. The quantitative estimate of drug-likeness (QED) is 0.753. The van der Waals surface area contributed by atoms with Crippen LogP contribution in [-0.2, 0) is 19.5 Å². The van der Waals surface area contributed by atoms with Gasteiger partial charge in [-0.2, -0.15) is 4.98 Å². The zero-order chi connectivity index (χ0) is 18.1. The van der Waals surface area contributed by atoms with Crippen LogP contribution < -0.4 is 4.74 Å². The first kappa shape index (κ1) is 17.1. The van der Waals surface area contributed by atoms with Gasteiger partial charge in [-0.15, -0.1) is 11.3 Å². The van der Waals surface area contributed by atoms with Crippen LogP contribution in [0.15, 0.2) is 28.8 Å². The van der Waals surface area contributed by atoms with Crippen molar-refractivity contribution in [3.05, 3.63) is 46.4 Å². The molecule has 26 heavy (non-hydrogen) atoms. The maximum Gasteiger partial charge on any atom is 0.226 e. The summed E-state index contributed by atoms with van der Waals surface area (Å²) in [5, 5.41) is 14.5. The molecule has 0 unspecified atom stereocenters. The molecule has 0 amide bonds. The van der Waals surface area contributed by atoms with E-state index >= 15 is 0 Å². The van der Waals surface area contributed by atoms with Crippen molar-refractivity contribution in [2.24, 2.45) is 0 Å². The number of fused-ring (bicyclic) bond motifs is 1. The Hall–Kier alpha value is -2.38. The standard InChI is InChI=1S/C19H21N3O3S/c1-3-18-20-17(21-25-18)11-22-6-7-24-19-14(10-22)8-13(9-15(19)23)16-5-4-12(2)26-16/h4-5,8-9,23H,3,6-7,10-11H2,1-2H3. The zero-order valence-corrected chi connectivity index (χ0v) is 15.7. The van der Waals surface area contributed by atoms with Crippen LogP contribution in [-0.4, -0.2) is 33.3 Å². The summed E-state index contributed by atoms with van der Waals surface area (Å²) in [5.74, 6) is 2.10. The fourth-order valence-corrected chi connectivity index (χ4v) is 3.97. The van der Waals surface area contributed by atoms with E-state index in [1.165, 1.54) is 4.88 Å². The normalized spacial score (nSPS) is 14.7. The first-order chi connectivity index (χ1) is 12.6. The Balaban J connectivity index is 1.61. The predicted octanol–water partition coefficient (Wildman–Crippen LogP) is 3.77. The minimum atomic E-state index is 0.193. The van der Waals surface area contributed by atoms with Gasteiger partial charge >= 0.3 is 0 Å². The molecule has 3 aromatic rings. The second kappa shape index (κ2) is 7.09. The number of ether oxygens (including phenoxy) is 1. The number of thiophene rings is 1. The number of hydrogen-bond acceptors (Lipinski definition) is 7. The second-order valence-electron chi connectivity index (χ2n) is 6.41. The Morgan fingerprint density at radius 1 is 1.31 bits per heavy atom. The number of aromatic nitrogens is 2. The van der Waals surface area contributed by atoms with Crippen molar-refractivity contribution in [3.63, 3.8) is 0 Å². The van der Waals surface area contributed by atoms with Crippen molar-refractivity contribution in [1.29, 1.82) is 0 Å². The van der Waals surface area contributed by atoms with E-state index in [9.17, 15) is 5.11 Å². The maximum absolute atomic E-state index is 10.5. The average Bonchev–Trinajstić information content (AvgIpc) is 3.20. The Bertz CT molecular complexity index is 919. The van der Waals surface area contributed by atoms with Crippen molar-refractivity contribution in [2.75, 3.05) is 13.2 Å². The van der Waals surface area contributed by atoms with Gasteiger partial charge in [-0.3, -0.25) is 4.90 Å². The Morgan fingerprint density at radius 2 is 2.19 bits per heavy atom. The lowest BCUT2D eigenvalue weighted by atomic mass is 10.1. The molecule has 1 aliphatic rings. The topological polar surface area (TPSA) is 71.6 Å². The molecule has 0 aliphatic carbocycles. The van der Waals surface area contributed by atoms with E-state index in [2.05, 4.69) is 40.2 Å². The van der Waals surface area contributed by atoms with E-state index in [0.717, 1.165) is 29.0 Å². The first-order valence-electron chi connectivity index (χ1n) is 8.71. The van der Waals surface area contributed by atoms with E-state index in [4.69, 9.17) is 9.26 Å². The van der Waals surface area contributed by atoms with Crippen LogP contribution in [0.2, 0.25) is 0 Å². The average molecular weight is 371 g/mol. The summed E-state index contributed by atoms with van der Waals surface area (Å²) >= 11 is 1.72. The highest BCUT2D eigenvalue weighted by atomic mass is 32.1. The van der Waals surface area contributed by atoms with Crippen LogP contribution >= 0.6 is 11.3 Å². The van der Waals surface area contributed by atoms with E-state index in [1.54, 1.807) is 17.4 Å². The van der Waals surface area contributed by atoms with Gasteiger partial charge in [0.05, 0.1) is 6.54 Å². The molecular weight excluding hydrogens is 350 g/mol. The molecule has 136 valence electrons. The summed E-state index contributed by atoms with van der Waals surface area (Å²) in [6.45, 7) is 6.57. The molecule has 0 radical (unpaired) electrons. The largest absolute Gasteiger partial charge is 0.504 e. The number of aryl methyl sites for hydroxylation is 2. The molecule has 1 N–H and O–H groups in total. The van der Waals surface area contributed by atoms with Gasteiger partial charge in [0, 0.05) is 34.8 Å². The molecule has 1 aliphatic heterocycles. The lowest BCUT2D eigenvalue weighted by molar-refractivity contribution is 0.211. The van der Waals surface area contributed by atoms with Gasteiger partial charge in [-0.25, -0.2) is 0 Å². The number of phenolic OH excluding ortho intramolecular Hbond substituents is 1. The van der Waals surface area contributed by atoms with Crippen LogP contribution in [0, 0.1) is 6.92 Å². The Morgan fingerprint density at radius 3 is 2.92 bits per heavy atom. The lowest BCUT2D eigenvalue weighted by Crippen LogP contribution is -2.25. The van der Waals surface area contributed by atoms with Crippen molar-refractivity contribution >= 4 is 11.3 Å². The highest BCUT2D eigenvalue weighted by Gasteiger charge is 2.21. The second-order valence-corrected chi connectivity index (χ2v) is 7.70. The first-order valence-corrected chi connectivity index (χ1v) is 9.53. The SMILES string of the molecule is CCc1nc(CN2CCOc3c(O)cc(-c4ccc(C)s4)cc3C2)no1. The summed E-state index contributed by atoms with van der Waals surface area (Å²) in [7, 11) is 0. The zero-order valence-electron chi connectivity index (χ0n) is 14.9. The highest BCUT2D eigenvalue weighted by molar-refractivity contribution is 7.15. The molecule has 0 atom stereocenters. The van der Waals surface area contributed by atoms with Gasteiger partial charge in [0.15, 0.2) is 17.3 Å². The molecule has 2 aromatic heterocycles. The number of hydrogen-bond donors (Lipinski definition) is 1. The van der Waals surface area contributed by atoms with Crippen molar-refractivity contribution in [3.8, 4) is 21.9 Å². The molecule has 0 spiro atoms. The molecule has 1 aromatic carbocycles. The summed E-state index contributed by atoms with van der Waals surface area (Å²) in [6.07, 6.45) is 0.733. The molecule has 0 bridgehead atoms. The van der Waals surface area contributed by atoms with Crippen LogP contribution in [0.3, 0.4) is 0 Å². The van der Waals surface area contributed by atoms with Crippen molar-refractivity contribution in [2.45, 2.75) is 33.4 Å². The third kappa shape index (κ3) is 3.45. The smallest absolute Gasteiger partial charge is 0.226 e. The third-order valence-corrected chi connectivity index (χ3v) is 5.45. The third-order valence-electron chi connectivity index (χ3n) is 4.40. The van der Waals surface area contributed by atoms with E-state index < -0.39 is 0 Å². The molecule has 0 saturated heterocycles. The molecule has 3 heterocycles. The fourth-order valence-electron chi connectivity index (χ4n) is 3.12. The van der Waals surface area contributed by atoms with E-state index in [0.29, 0.717) is 37.2 Å². The minimum Gasteiger partial charge on any atom is -0.504 e. The number of rotatable bonds is 4. The lowest BCUT2D eigenvalue weighted by Gasteiger charge is -2.17. The van der Waals surface area contributed by atoms with Gasteiger partial charge in [0.2, 0.25) is 5.89 Å². The van der Waals surface area contributed by atoms with Gasteiger partial charge in [-0.1, -0.05) is 12.1 Å². The fraction of sp³-hybridized carbons (Fsp3) is 0.368. The van der Waals surface area contributed by atoms with Gasteiger partial charge < -0.3 is 14.4 Å². The van der Waals surface area contributed by atoms with E-state index in [1.807, 2.05) is 6.92 Å². The summed E-state index contributed by atoms with van der Waals surface area (Å²) in [4.78, 5) is 8.98.